The van der Waals surface area contributed by atoms with Crippen molar-refractivity contribution in [1.82, 2.24) is 0 Å². The highest BCUT2D eigenvalue weighted by molar-refractivity contribution is 5.52. The van der Waals surface area contributed by atoms with Gasteiger partial charge in [0.2, 0.25) is 0 Å². The molecular formula is C20H26O. The average molecular weight is 282 g/mol. The van der Waals surface area contributed by atoms with Gasteiger partial charge in [-0.2, -0.15) is 0 Å². The lowest BCUT2D eigenvalue weighted by Gasteiger charge is -2.35. The Balaban J connectivity index is 2.21. The van der Waals surface area contributed by atoms with Crippen molar-refractivity contribution >= 4 is 6.08 Å². The quantitative estimate of drug-likeness (QED) is 0.613. The highest BCUT2D eigenvalue weighted by Crippen LogP contribution is 2.40. The third-order valence-electron chi connectivity index (χ3n) is 4.66. The Morgan fingerprint density at radius 3 is 2.24 bits per heavy atom. The molecule has 1 aliphatic rings. The summed E-state index contributed by atoms with van der Waals surface area (Å²) in [6.07, 6.45) is 17.3. The van der Waals surface area contributed by atoms with Crippen LogP contribution in [-0.2, 0) is 0 Å². The van der Waals surface area contributed by atoms with Crippen LogP contribution in [0.25, 0.3) is 6.08 Å². The van der Waals surface area contributed by atoms with Crippen LogP contribution in [0.5, 0.6) is 5.75 Å². The van der Waals surface area contributed by atoms with Crippen molar-refractivity contribution in [3.63, 3.8) is 0 Å². The third-order valence-corrected chi connectivity index (χ3v) is 4.66. The van der Waals surface area contributed by atoms with E-state index >= 15 is 0 Å². The van der Waals surface area contributed by atoms with Gasteiger partial charge in [-0.3, -0.25) is 0 Å². The Kier molecular flexibility index (Phi) is 5.44. The summed E-state index contributed by atoms with van der Waals surface area (Å²) in [7, 11) is 1.70. The molecule has 2 rings (SSSR count). The second-order valence-electron chi connectivity index (χ2n) is 5.66. The second-order valence-corrected chi connectivity index (χ2v) is 5.66. The molecule has 0 radical (unpaired) electrons. The fourth-order valence-electron chi connectivity index (χ4n) is 3.02. The summed E-state index contributed by atoms with van der Waals surface area (Å²) in [6, 6.07) is 8.25. The van der Waals surface area contributed by atoms with E-state index in [0.29, 0.717) is 5.92 Å². The van der Waals surface area contributed by atoms with Crippen molar-refractivity contribution in [2.75, 3.05) is 7.11 Å². The van der Waals surface area contributed by atoms with E-state index in [2.05, 4.69) is 62.4 Å². The molecule has 1 aromatic rings. The standard InChI is InChI=1S/C20H26O/c1-4-20(5-2,18-9-7-6-8-10-18)16-15-17-11-13-19(21-3)14-12-17/h7-16,18H,4-6H2,1-3H3/b16-15+. The number of allylic oxidation sites excluding steroid dienone is 5. The highest BCUT2D eigenvalue weighted by Gasteiger charge is 2.30. The van der Waals surface area contributed by atoms with Gasteiger partial charge in [-0.15, -0.1) is 0 Å². The fraction of sp³-hybridized carbons (Fsp3) is 0.400. The number of ether oxygens (including phenoxy) is 1. The maximum Gasteiger partial charge on any atom is 0.118 e. The van der Waals surface area contributed by atoms with Crippen molar-refractivity contribution in [1.29, 1.82) is 0 Å². The van der Waals surface area contributed by atoms with Crippen LogP contribution in [0.3, 0.4) is 0 Å². The zero-order valence-corrected chi connectivity index (χ0v) is 13.4. The molecule has 0 amide bonds. The topological polar surface area (TPSA) is 9.23 Å². The lowest BCUT2D eigenvalue weighted by atomic mass is 9.69. The van der Waals surface area contributed by atoms with E-state index in [1.54, 1.807) is 7.11 Å². The van der Waals surface area contributed by atoms with Gasteiger partial charge in [0.25, 0.3) is 0 Å². The summed E-state index contributed by atoms with van der Waals surface area (Å²) in [4.78, 5) is 0. The molecule has 0 fully saturated rings. The molecule has 0 aromatic heterocycles. The Morgan fingerprint density at radius 2 is 1.71 bits per heavy atom. The molecule has 1 heteroatoms. The molecule has 21 heavy (non-hydrogen) atoms. The third kappa shape index (κ3) is 3.66. The van der Waals surface area contributed by atoms with Gasteiger partial charge in [-0.25, -0.2) is 0 Å². The number of rotatable bonds is 6. The summed E-state index contributed by atoms with van der Waals surface area (Å²) >= 11 is 0. The smallest absolute Gasteiger partial charge is 0.118 e. The highest BCUT2D eigenvalue weighted by atomic mass is 16.5. The van der Waals surface area contributed by atoms with Crippen LogP contribution in [0.2, 0.25) is 0 Å². The molecule has 0 saturated heterocycles. The number of methoxy groups -OCH3 is 1. The van der Waals surface area contributed by atoms with Crippen molar-refractivity contribution in [3.8, 4) is 5.75 Å². The molecular weight excluding hydrogens is 256 g/mol. The molecule has 0 N–H and O–H groups in total. The summed E-state index contributed by atoms with van der Waals surface area (Å²) in [6.45, 7) is 4.58. The Hall–Kier alpha value is -1.76. The van der Waals surface area contributed by atoms with Gasteiger partial charge in [-0.05, 0) is 42.4 Å². The molecule has 0 unspecified atom stereocenters. The zero-order chi connectivity index (χ0) is 15.1. The molecule has 112 valence electrons. The molecule has 0 saturated carbocycles. The molecule has 1 nitrogen and oxygen atoms in total. The molecule has 0 aliphatic heterocycles. The van der Waals surface area contributed by atoms with Crippen LogP contribution < -0.4 is 4.74 Å². The van der Waals surface area contributed by atoms with Gasteiger partial charge in [0, 0.05) is 5.92 Å². The Labute approximate surface area is 129 Å². The first-order valence-corrected chi connectivity index (χ1v) is 7.90. The number of benzene rings is 1. The minimum absolute atomic E-state index is 0.216. The van der Waals surface area contributed by atoms with E-state index < -0.39 is 0 Å². The molecule has 1 aromatic carbocycles. The van der Waals surface area contributed by atoms with Gasteiger partial charge in [0.15, 0.2) is 0 Å². The Bertz CT molecular complexity index is 503. The van der Waals surface area contributed by atoms with Gasteiger partial charge in [0.1, 0.15) is 5.75 Å². The molecule has 0 atom stereocenters. The SMILES string of the molecule is CCC(/C=C/c1ccc(OC)cc1)(CC)C1C=CCC=C1. The van der Waals surface area contributed by atoms with Crippen LogP contribution in [0.1, 0.15) is 38.7 Å². The Morgan fingerprint density at radius 1 is 1.10 bits per heavy atom. The van der Waals surface area contributed by atoms with E-state index in [9.17, 15) is 0 Å². The maximum absolute atomic E-state index is 5.21. The minimum atomic E-state index is 0.216. The van der Waals surface area contributed by atoms with Gasteiger partial charge < -0.3 is 4.74 Å². The van der Waals surface area contributed by atoms with E-state index in [0.717, 1.165) is 25.0 Å². The molecule has 0 bridgehead atoms. The summed E-state index contributed by atoms with van der Waals surface area (Å²) in [5, 5.41) is 0. The van der Waals surface area contributed by atoms with Crippen LogP contribution in [0.4, 0.5) is 0 Å². The van der Waals surface area contributed by atoms with Crippen molar-refractivity contribution in [2.24, 2.45) is 11.3 Å². The molecule has 1 aliphatic carbocycles. The van der Waals surface area contributed by atoms with Crippen LogP contribution in [0, 0.1) is 11.3 Å². The minimum Gasteiger partial charge on any atom is -0.497 e. The summed E-state index contributed by atoms with van der Waals surface area (Å²) in [5.41, 5.74) is 1.44. The van der Waals surface area contributed by atoms with E-state index in [1.807, 2.05) is 12.1 Å². The van der Waals surface area contributed by atoms with Gasteiger partial charge in [-0.1, -0.05) is 62.4 Å². The van der Waals surface area contributed by atoms with Crippen LogP contribution in [-0.4, -0.2) is 7.11 Å². The average Bonchev–Trinajstić information content (AvgIpc) is 2.58. The second kappa shape index (κ2) is 7.31. The first-order valence-electron chi connectivity index (χ1n) is 7.90. The number of hydrogen-bond acceptors (Lipinski definition) is 1. The van der Waals surface area contributed by atoms with E-state index in [4.69, 9.17) is 4.74 Å². The first-order chi connectivity index (χ1) is 10.2. The predicted molar refractivity (Wildman–Crippen MR) is 91.4 cm³/mol. The predicted octanol–water partition coefficient (Wildman–Crippen LogP) is 5.65. The largest absolute Gasteiger partial charge is 0.497 e. The van der Waals surface area contributed by atoms with Crippen LogP contribution >= 0.6 is 0 Å². The van der Waals surface area contributed by atoms with E-state index in [1.165, 1.54) is 5.56 Å². The summed E-state index contributed by atoms with van der Waals surface area (Å²) < 4.78 is 5.21. The van der Waals surface area contributed by atoms with E-state index in [-0.39, 0.29) is 5.41 Å². The van der Waals surface area contributed by atoms with Crippen molar-refractivity contribution < 1.29 is 4.74 Å². The van der Waals surface area contributed by atoms with Crippen LogP contribution in [0.15, 0.2) is 54.6 Å². The summed E-state index contributed by atoms with van der Waals surface area (Å²) in [5.74, 6) is 1.42. The van der Waals surface area contributed by atoms with Gasteiger partial charge in [0.05, 0.1) is 7.11 Å². The normalized spacial score (nSPS) is 15.8. The lowest BCUT2D eigenvalue weighted by molar-refractivity contribution is 0.294. The molecule has 0 spiro atoms. The van der Waals surface area contributed by atoms with Gasteiger partial charge >= 0.3 is 0 Å². The maximum atomic E-state index is 5.21. The monoisotopic (exact) mass is 282 g/mol. The first kappa shape index (κ1) is 15.6. The fourth-order valence-corrected chi connectivity index (χ4v) is 3.02. The van der Waals surface area contributed by atoms with Crippen molar-refractivity contribution in [3.05, 3.63) is 60.2 Å². The number of hydrogen-bond donors (Lipinski definition) is 0. The molecule has 0 heterocycles. The van der Waals surface area contributed by atoms with Crippen molar-refractivity contribution in [2.45, 2.75) is 33.1 Å². The zero-order valence-electron chi connectivity index (χ0n) is 13.4. The lowest BCUT2D eigenvalue weighted by Crippen LogP contribution is -2.25.